The minimum atomic E-state index is -5.08. The monoisotopic (exact) mass is 564 g/mol. The summed E-state index contributed by atoms with van der Waals surface area (Å²) < 4.78 is 63.5. The summed E-state index contributed by atoms with van der Waals surface area (Å²) >= 11 is 0. The van der Waals surface area contributed by atoms with Gasteiger partial charge in [-0.25, -0.2) is 9.59 Å². The Morgan fingerprint density at radius 3 is 1.92 bits per heavy atom. The van der Waals surface area contributed by atoms with Crippen molar-refractivity contribution in [3.05, 3.63) is 54.1 Å². The normalized spacial score (nSPS) is 17.1. The number of pyridine rings is 2. The lowest BCUT2D eigenvalue weighted by Gasteiger charge is -2.37. The van der Waals surface area contributed by atoms with Crippen molar-refractivity contribution in [3.8, 4) is 0 Å². The fourth-order valence-corrected chi connectivity index (χ4v) is 4.10. The van der Waals surface area contributed by atoms with Crippen LogP contribution in [0.5, 0.6) is 0 Å². The molecular weight excluding hydrogens is 538 g/mol. The number of hydrogen-bond acceptors (Lipinski definition) is 6. The van der Waals surface area contributed by atoms with Gasteiger partial charge in [0, 0.05) is 25.0 Å². The number of carbonyl (C=O) groups excluding carboxylic acids is 1. The molecule has 214 valence electrons. The van der Waals surface area contributed by atoms with Crippen LogP contribution in [0.4, 0.5) is 32.0 Å². The SMILES string of the molecule is Cc1cccc(CN2CCC3(CC2)CCN(c2cccnc2)C3=O)n1.O=C(O)C(F)(F)F.O=C(O)C(F)(F)F. The second kappa shape index (κ2) is 12.9. The lowest BCUT2D eigenvalue weighted by atomic mass is 9.77. The lowest BCUT2D eigenvalue weighted by molar-refractivity contribution is -0.193. The average Bonchev–Trinajstić information content (AvgIpc) is 3.16. The van der Waals surface area contributed by atoms with Gasteiger partial charge in [0.2, 0.25) is 5.91 Å². The van der Waals surface area contributed by atoms with Crippen LogP contribution < -0.4 is 4.90 Å². The van der Waals surface area contributed by atoms with Gasteiger partial charge in [0.15, 0.2) is 0 Å². The summed E-state index contributed by atoms with van der Waals surface area (Å²) in [4.78, 5) is 43.9. The second-order valence-corrected chi connectivity index (χ2v) is 8.85. The van der Waals surface area contributed by atoms with Crippen LogP contribution in [-0.2, 0) is 20.9 Å². The summed E-state index contributed by atoms with van der Waals surface area (Å²) in [5.41, 5.74) is 2.93. The maximum atomic E-state index is 13.1. The van der Waals surface area contributed by atoms with Crippen molar-refractivity contribution in [2.45, 2.75) is 45.1 Å². The third-order valence-corrected chi connectivity index (χ3v) is 6.10. The summed E-state index contributed by atoms with van der Waals surface area (Å²) in [5.74, 6) is -5.23. The molecule has 0 unspecified atom stereocenters. The van der Waals surface area contributed by atoms with Gasteiger partial charge in [-0.3, -0.25) is 19.7 Å². The van der Waals surface area contributed by atoms with Crippen molar-refractivity contribution >= 4 is 23.5 Å². The predicted octanol–water partition coefficient (Wildman–Crippen LogP) is 4.07. The van der Waals surface area contributed by atoms with Crippen molar-refractivity contribution in [2.75, 3.05) is 24.5 Å². The summed E-state index contributed by atoms with van der Waals surface area (Å²) in [6.07, 6.45) is -3.80. The number of carboxylic acids is 2. The van der Waals surface area contributed by atoms with Gasteiger partial charge in [0.1, 0.15) is 0 Å². The second-order valence-electron chi connectivity index (χ2n) is 8.85. The van der Waals surface area contributed by atoms with Crippen LogP contribution in [0.2, 0.25) is 0 Å². The van der Waals surface area contributed by atoms with E-state index in [-0.39, 0.29) is 11.3 Å². The number of anilines is 1. The molecule has 0 radical (unpaired) electrons. The molecule has 4 rings (SSSR count). The van der Waals surface area contributed by atoms with Crippen LogP contribution in [0, 0.1) is 12.3 Å². The smallest absolute Gasteiger partial charge is 0.475 e. The summed E-state index contributed by atoms with van der Waals surface area (Å²) in [7, 11) is 0. The van der Waals surface area contributed by atoms with Crippen LogP contribution >= 0.6 is 0 Å². The molecule has 0 bridgehead atoms. The molecule has 2 aliphatic heterocycles. The molecule has 2 aromatic rings. The Labute approximate surface area is 219 Å². The molecule has 0 saturated carbocycles. The molecule has 2 fully saturated rings. The standard InChI is InChI=1S/C20H24N4O.2C2HF3O2/c1-16-4-2-5-17(22-16)15-23-11-7-20(8-12-23)9-13-24(19(20)25)18-6-3-10-21-14-18;2*3-2(4,5)1(6)7/h2-6,10,14H,7-9,11-13,15H2,1H3;2*(H,6,7). The largest absolute Gasteiger partial charge is 0.490 e. The van der Waals surface area contributed by atoms with Crippen LogP contribution in [0.3, 0.4) is 0 Å². The van der Waals surface area contributed by atoms with Gasteiger partial charge in [-0.1, -0.05) is 6.07 Å². The molecule has 4 heterocycles. The van der Waals surface area contributed by atoms with Crippen LogP contribution in [0.15, 0.2) is 42.7 Å². The van der Waals surface area contributed by atoms with E-state index >= 15 is 0 Å². The number of amides is 1. The summed E-state index contributed by atoms with van der Waals surface area (Å²) in [6.45, 7) is 5.63. The molecule has 0 aliphatic carbocycles. The highest BCUT2D eigenvalue weighted by molar-refractivity contribution is 5.99. The fraction of sp³-hybridized carbons (Fsp3) is 0.458. The molecule has 15 heteroatoms. The Morgan fingerprint density at radius 1 is 0.923 bits per heavy atom. The molecule has 1 spiro atoms. The topological polar surface area (TPSA) is 124 Å². The Hall–Kier alpha value is -3.75. The number of hydrogen-bond donors (Lipinski definition) is 2. The zero-order chi connectivity index (χ0) is 29.4. The number of carboxylic acid groups (broad SMARTS) is 2. The van der Waals surface area contributed by atoms with Gasteiger partial charge in [-0.2, -0.15) is 26.3 Å². The van der Waals surface area contributed by atoms with Gasteiger partial charge in [0.05, 0.1) is 23.0 Å². The Morgan fingerprint density at radius 2 is 1.46 bits per heavy atom. The van der Waals surface area contributed by atoms with E-state index < -0.39 is 24.3 Å². The number of alkyl halides is 6. The van der Waals surface area contributed by atoms with Gasteiger partial charge in [0.25, 0.3) is 0 Å². The molecule has 2 aromatic heterocycles. The van der Waals surface area contributed by atoms with Gasteiger partial charge < -0.3 is 15.1 Å². The maximum Gasteiger partial charge on any atom is 0.490 e. The highest BCUT2D eigenvalue weighted by Crippen LogP contribution is 2.43. The number of likely N-dealkylation sites (tertiary alicyclic amines) is 1. The van der Waals surface area contributed by atoms with Crippen molar-refractivity contribution in [1.29, 1.82) is 0 Å². The molecule has 0 atom stereocenters. The van der Waals surface area contributed by atoms with E-state index in [2.05, 4.69) is 27.0 Å². The van der Waals surface area contributed by atoms with Crippen molar-refractivity contribution in [1.82, 2.24) is 14.9 Å². The van der Waals surface area contributed by atoms with Gasteiger partial charge in [-0.05, 0) is 63.5 Å². The number of nitrogens with zero attached hydrogens (tertiary/aromatic N) is 4. The molecule has 39 heavy (non-hydrogen) atoms. The minimum Gasteiger partial charge on any atom is -0.475 e. The Balaban J connectivity index is 0.000000317. The summed E-state index contributed by atoms with van der Waals surface area (Å²) in [5, 5.41) is 14.2. The average molecular weight is 564 g/mol. The minimum absolute atomic E-state index is 0.174. The maximum absolute atomic E-state index is 13.1. The zero-order valence-electron chi connectivity index (χ0n) is 20.7. The molecule has 2 N–H and O–H groups in total. The number of piperidine rings is 1. The first kappa shape index (κ1) is 31.5. The quantitative estimate of drug-likeness (QED) is 0.535. The number of halogens is 6. The first-order valence-corrected chi connectivity index (χ1v) is 11.5. The van der Waals surface area contributed by atoms with Crippen molar-refractivity contribution < 1.29 is 50.9 Å². The number of rotatable bonds is 3. The van der Waals surface area contributed by atoms with Crippen molar-refractivity contribution in [2.24, 2.45) is 5.41 Å². The van der Waals surface area contributed by atoms with E-state index in [1.54, 1.807) is 12.4 Å². The van der Waals surface area contributed by atoms with Crippen LogP contribution in [0.1, 0.15) is 30.7 Å². The zero-order valence-corrected chi connectivity index (χ0v) is 20.7. The van der Waals surface area contributed by atoms with Crippen LogP contribution in [0.25, 0.3) is 0 Å². The first-order valence-electron chi connectivity index (χ1n) is 11.5. The Bertz CT molecular complexity index is 1110. The van der Waals surface area contributed by atoms with Gasteiger partial charge in [-0.15, -0.1) is 0 Å². The highest BCUT2D eigenvalue weighted by Gasteiger charge is 2.48. The predicted molar refractivity (Wildman–Crippen MR) is 125 cm³/mol. The fourth-order valence-electron chi connectivity index (χ4n) is 4.10. The number of aliphatic carboxylic acids is 2. The number of aryl methyl sites for hydroxylation is 1. The molecule has 0 aromatic carbocycles. The molecular formula is C24H26F6N4O5. The van der Waals surface area contributed by atoms with E-state index in [9.17, 15) is 31.1 Å². The number of carbonyl (C=O) groups is 3. The number of aromatic nitrogens is 2. The van der Waals surface area contributed by atoms with Crippen molar-refractivity contribution in [3.63, 3.8) is 0 Å². The van der Waals surface area contributed by atoms with E-state index in [0.29, 0.717) is 0 Å². The van der Waals surface area contributed by atoms with E-state index in [1.807, 2.05) is 30.0 Å². The summed E-state index contributed by atoms with van der Waals surface area (Å²) in [6, 6.07) is 10.0. The third-order valence-electron chi connectivity index (χ3n) is 6.10. The van der Waals surface area contributed by atoms with Crippen LogP contribution in [-0.4, -0.2) is 74.9 Å². The molecule has 2 saturated heterocycles. The molecule has 1 amide bonds. The third kappa shape index (κ3) is 9.19. The van der Waals surface area contributed by atoms with E-state index in [0.717, 1.165) is 62.5 Å². The van der Waals surface area contributed by atoms with E-state index in [4.69, 9.17) is 19.8 Å². The van der Waals surface area contributed by atoms with E-state index in [1.165, 1.54) is 0 Å². The highest BCUT2D eigenvalue weighted by atomic mass is 19.4. The van der Waals surface area contributed by atoms with Gasteiger partial charge >= 0.3 is 24.3 Å². The molecule has 2 aliphatic rings. The Kier molecular flexibility index (Phi) is 10.4. The lowest BCUT2D eigenvalue weighted by Crippen LogP contribution is -2.44. The molecule has 9 nitrogen and oxygen atoms in total. The first-order chi connectivity index (χ1) is 18.0.